The van der Waals surface area contributed by atoms with E-state index >= 15 is 0 Å². The highest BCUT2D eigenvalue weighted by Crippen LogP contribution is 2.12. The molecule has 0 bridgehead atoms. The molecule has 0 atom stereocenters. The summed E-state index contributed by atoms with van der Waals surface area (Å²) < 4.78 is 4.76. The molecule has 0 saturated carbocycles. The number of hydrogen-bond donors (Lipinski definition) is 0. The van der Waals surface area contributed by atoms with Crippen LogP contribution in [-0.4, -0.2) is 12.6 Å². The van der Waals surface area contributed by atoms with Gasteiger partial charge in [0, 0.05) is 0 Å². The largest absolute Gasteiger partial charge is 0.462 e. The van der Waals surface area contributed by atoms with Crippen molar-refractivity contribution in [3.63, 3.8) is 0 Å². The molecule has 1 aromatic rings. The fourth-order valence-corrected chi connectivity index (χ4v) is 1.25. The first-order valence-electron chi connectivity index (χ1n) is 4.74. The Balaban J connectivity index is 2.78. The predicted molar refractivity (Wildman–Crippen MR) is 61.6 cm³/mol. The molecule has 0 aliphatic carbocycles. The molecule has 1 rings (SSSR count). The zero-order valence-corrected chi connectivity index (χ0v) is 9.54. The highest BCUT2D eigenvalue weighted by atomic mass is 35.5. The quantitative estimate of drug-likeness (QED) is 0.583. The minimum Gasteiger partial charge on any atom is -0.462 e. The van der Waals surface area contributed by atoms with Crippen LogP contribution in [0.2, 0.25) is 0 Å². The Labute approximate surface area is 94.5 Å². The van der Waals surface area contributed by atoms with E-state index in [1.54, 1.807) is 13.0 Å². The fourth-order valence-electron chi connectivity index (χ4n) is 1.07. The zero-order chi connectivity index (χ0) is 11.3. The van der Waals surface area contributed by atoms with Crippen molar-refractivity contribution in [1.82, 2.24) is 0 Å². The third-order valence-corrected chi connectivity index (χ3v) is 2.10. The van der Waals surface area contributed by atoms with Crippen molar-refractivity contribution in [2.75, 3.05) is 6.61 Å². The molecule has 3 heteroatoms. The molecule has 0 aliphatic rings. The second-order valence-corrected chi connectivity index (χ2v) is 3.53. The van der Waals surface area contributed by atoms with Gasteiger partial charge in [0.25, 0.3) is 0 Å². The molecule has 80 valence electrons. The number of esters is 1. The standard InChI is InChI=1S/C12H13ClO2/c1-3-15-12(14)11(13)8-10-6-4-9(2)5-7-10/h4-8H,3H2,1-2H3/b11-8-. The van der Waals surface area contributed by atoms with Crippen molar-refractivity contribution >= 4 is 23.6 Å². The van der Waals surface area contributed by atoms with Crippen LogP contribution in [0.1, 0.15) is 18.1 Å². The summed E-state index contributed by atoms with van der Waals surface area (Å²) in [5.41, 5.74) is 2.05. The summed E-state index contributed by atoms with van der Waals surface area (Å²) in [6.45, 7) is 4.07. The Bertz CT molecular complexity index is 366. The number of ether oxygens (including phenoxy) is 1. The molecule has 0 fully saturated rings. The van der Waals surface area contributed by atoms with E-state index in [9.17, 15) is 4.79 Å². The van der Waals surface area contributed by atoms with Gasteiger partial charge < -0.3 is 4.74 Å². The molecule has 0 aliphatic heterocycles. The number of aryl methyl sites for hydroxylation is 1. The number of hydrogen-bond acceptors (Lipinski definition) is 2. The summed E-state index contributed by atoms with van der Waals surface area (Å²) in [5.74, 6) is -0.486. The molecule has 15 heavy (non-hydrogen) atoms. The van der Waals surface area contributed by atoms with Crippen LogP contribution in [0.3, 0.4) is 0 Å². The average molecular weight is 225 g/mol. The summed E-state index contributed by atoms with van der Waals surface area (Å²) in [4.78, 5) is 11.2. The van der Waals surface area contributed by atoms with Crippen LogP contribution in [0, 0.1) is 6.92 Å². The van der Waals surface area contributed by atoms with Crippen molar-refractivity contribution in [2.24, 2.45) is 0 Å². The zero-order valence-electron chi connectivity index (χ0n) is 8.79. The van der Waals surface area contributed by atoms with Gasteiger partial charge in [-0.15, -0.1) is 0 Å². The molecule has 0 aromatic heterocycles. The van der Waals surface area contributed by atoms with Crippen molar-refractivity contribution in [2.45, 2.75) is 13.8 Å². The maximum absolute atomic E-state index is 11.2. The lowest BCUT2D eigenvalue weighted by Gasteiger charge is -2.00. The number of carbonyl (C=O) groups excluding carboxylic acids is 1. The Morgan fingerprint density at radius 1 is 1.40 bits per heavy atom. The molecule has 0 spiro atoms. The first-order chi connectivity index (χ1) is 7.13. The molecule has 0 N–H and O–H groups in total. The van der Waals surface area contributed by atoms with Gasteiger partial charge in [0.05, 0.1) is 6.61 Å². The van der Waals surface area contributed by atoms with Gasteiger partial charge in [0.15, 0.2) is 0 Å². The summed E-state index contributed by atoms with van der Waals surface area (Å²) in [6.07, 6.45) is 1.60. The van der Waals surface area contributed by atoms with Gasteiger partial charge >= 0.3 is 5.97 Å². The van der Waals surface area contributed by atoms with E-state index in [1.807, 2.05) is 31.2 Å². The molecule has 0 heterocycles. The lowest BCUT2D eigenvalue weighted by atomic mass is 10.1. The minimum absolute atomic E-state index is 0.0979. The molecular formula is C12H13ClO2. The van der Waals surface area contributed by atoms with Gasteiger partial charge in [0.2, 0.25) is 0 Å². The number of carbonyl (C=O) groups is 1. The van der Waals surface area contributed by atoms with Crippen molar-refractivity contribution < 1.29 is 9.53 Å². The monoisotopic (exact) mass is 224 g/mol. The molecular weight excluding hydrogens is 212 g/mol. The second kappa shape index (κ2) is 5.56. The number of halogens is 1. The Morgan fingerprint density at radius 2 is 2.00 bits per heavy atom. The Hall–Kier alpha value is -1.28. The van der Waals surface area contributed by atoms with Crippen molar-refractivity contribution in [1.29, 1.82) is 0 Å². The third kappa shape index (κ3) is 3.76. The number of rotatable bonds is 3. The van der Waals surface area contributed by atoms with E-state index in [1.165, 1.54) is 5.56 Å². The van der Waals surface area contributed by atoms with Crippen LogP contribution >= 0.6 is 11.6 Å². The van der Waals surface area contributed by atoms with Crippen LogP contribution in [0.5, 0.6) is 0 Å². The number of benzene rings is 1. The normalized spacial score (nSPS) is 11.3. The van der Waals surface area contributed by atoms with Crippen LogP contribution in [0.15, 0.2) is 29.3 Å². The average Bonchev–Trinajstić information content (AvgIpc) is 2.22. The van der Waals surface area contributed by atoms with E-state index in [-0.39, 0.29) is 5.03 Å². The first-order valence-corrected chi connectivity index (χ1v) is 5.12. The van der Waals surface area contributed by atoms with Crippen molar-refractivity contribution in [3.8, 4) is 0 Å². The molecule has 1 aromatic carbocycles. The minimum atomic E-state index is -0.486. The van der Waals surface area contributed by atoms with Gasteiger partial charge in [0.1, 0.15) is 5.03 Å². The van der Waals surface area contributed by atoms with Gasteiger partial charge in [-0.3, -0.25) is 0 Å². The van der Waals surface area contributed by atoms with E-state index in [2.05, 4.69) is 0 Å². The van der Waals surface area contributed by atoms with Crippen LogP contribution in [-0.2, 0) is 9.53 Å². The predicted octanol–water partition coefficient (Wildman–Crippen LogP) is 3.14. The highest BCUT2D eigenvalue weighted by Gasteiger charge is 2.06. The van der Waals surface area contributed by atoms with Gasteiger partial charge in [-0.1, -0.05) is 41.4 Å². The van der Waals surface area contributed by atoms with E-state index in [4.69, 9.17) is 16.3 Å². The second-order valence-electron chi connectivity index (χ2n) is 3.12. The maximum Gasteiger partial charge on any atom is 0.349 e. The third-order valence-electron chi connectivity index (χ3n) is 1.84. The Morgan fingerprint density at radius 3 is 2.53 bits per heavy atom. The fraction of sp³-hybridized carbons (Fsp3) is 0.250. The molecule has 0 amide bonds. The smallest absolute Gasteiger partial charge is 0.349 e. The summed E-state index contributed by atoms with van der Waals surface area (Å²) in [5, 5.41) is 0.0979. The van der Waals surface area contributed by atoms with Crippen molar-refractivity contribution in [3.05, 3.63) is 40.4 Å². The van der Waals surface area contributed by atoms with Crippen LogP contribution < -0.4 is 0 Å². The molecule has 0 saturated heterocycles. The lowest BCUT2D eigenvalue weighted by molar-refractivity contribution is -0.137. The highest BCUT2D eigenvalue weighted by molar-refractivity contribution is 6.43. The first kappa shape index (κ1) is 11.8. The van der Waals surface area contributed by atoms with Gasteiger partial charge in [-0.05, 0) is 25.5 Å². The van der Waals surface area contributed by atoms with Crippen LogP contribution in [0.25, 0.3) is 6.08 Å². The summed E-state index contributed by atoms with van der Waals surface area (Å²) in [6, 6.07) is 7.72. The topological polar surface area (TPSA) is 26.3 Å². The van der Waals surface area contributed by atoms with Gasteiger partial charge in [-0.25, -0.2) is 4.79 Å². The van der Waals surface area contributed by atoms with E-state index in [0.29, 0.717) is 6.61 Å². The summed E-state index contributed by atoms with van der Waals surface area (Å²) >= 11 is 5.77. The molecule has 2 nitrogen and oxygen atoms in total. The van der Waals surface area contributed by atoms with Gasteiger partial charge in [-0.2, -0.15) is 0 Å². The van der Waals surface area contributed by atoms with Crippen LogP contribution in [0.4, 0.5) is 0 Å². The summed E-state index contributed by atoms with van der Waals surface area (Å²) in [7, 11) is 0. The Kier molecular flexibility index (Phi) is 4.37. The lowest BCUT2D eigenvalue weighted by Crippen LogP contribution is -2.03. The van der Waals surface area contributed by atoms with E-state index < -0.39 is 5.97 Å². The SMILES string of the molecule is CCOC(=O)/C(Cl)=C/c1ccc(C)cc1. The molecule has 0 unspecified atom stereocenters. The molecule has 0 radical (unpaired) electrons. The maximum atomic E-state index is 11.2. The van der Waals surface area contributed by atoms with E-state index in [0.717, 1.165) is 5.56 Å².